The van der Waals surface area contributed by atoms with Crippen LogP contribution < -0.4 is 3.71 Å². The van der Waals surface area contributed by atoms with Crippen LogP contribution in [0.1, 0.15) is 123 Å². The van der Waals surface area contributed by atoms with Gasteiger partial charge < -0.3 is 0 Å². The van der Waals surface area contributed by atoms with Gasteiger partial charge in [0.25, 0.3) is 0 Å². The zero-order chi connectivity index (χ0) is 21.2. The molecular formula is C27H51NSn. The molecule has 29 heavy (non-hydrogen) atoms. The number of aromatic nitrogens is 1. The first kappa shape index (κ1) is 27.0. The van der Waals surface area contributed by atoms with Gasteiger partial charge >= 0.3 is 175 Å². The van der Waals surface area contributed by atoms with Gasteiger partial charge in [0.2, 0.25) is 0 Å². The number of nitrogens with zero attached hydrogens (tertiary/aromatic N) is 1. The van der Waals surface area contributed by atoms with Crippen LogP contribution in [0, 0.1) is 0 Å². The average molecular weight is 508 g/mol. The van der Waals surface area contributed by atoms with E-state index < -0.39 is 18.4 Å². The predicted octanol–water partition coefficient (Wildman–Crippen LogP) is 8.82. The third-order valence-electron chi connectivity index (χ3n) is 6.71. The number of pyridine rings is 1. The Bertz CT molecular complexity index is 460. The second-order valence-electron chi connectivity index (χ2n) is 9.37. The number of unbranched alkanes of at least 4 members (excludes halogenated alkanes) is 10. The zero-order valence-electron chi connectivity index (χ0n) is 20.4. The first-order chi connectivity index (χ1) is 14.2. The van der Waals surface area contributed by atoms with E-state index in [1.165, 1.54) is 115 Å². The molecule has 0 saturated heterocycles. The monoisotopic (exact) mass is 509 g/mol. The molecule has 0 aromatic carbocycles. The second kappa shape index (κ2) is 17.6. The van der Waals surface area contributed by atoms with Gasteiger partial charge in [-0.05, 0) is 0 Å². The van der Waals surface area contributed by atoms with Gasteiger partial charge in [-0.2, -0.15) is 0 Å². The molecule has 1 aromatic heterocycles. The van der Waals surface area contributed by atoms with E-state index in [2.05, 4.69) is 46.0 Å². The van der Waals surface area contributed by atoms with Crippen molar-refractivity contribution in [2.45, 2.75) is 137 Å². The molecule has 0 fully saturated rings. The quantitative estimate of drug-likeness (QED) is 0.134. The fourth-order valence-electron chi connectivity index (χ4n) is 4.65. The Balaban J connectivity index is 2.60. The summed E-state index contributed by atoms with van der Waals surface area (Å²) in [6.45, 7) is 9.37. The van der Waals surface area contributed by atoms with E-state index in [0.29, 0.717) is 0 Å². The van der Waals surface area contributed by atoms with E-state index in [9.17, 15) is 0 Å². The van der Waals surface area contributed by atoms with Gasteiger partial charge in [-0.3, -0.25) is 0 Å². The molecule has 1 rings (SSSR count). The molecule has 0 aliphatic carbocycles. The summed E-state index contributed by atoms with van der Waals surface area (Å²) in [5.74, 6) is 0. The minimum absolute atomic E-state index is 1.23. The molecule has 0 unspecified atom stereocenters. The Hall–Kier alpha value is -0.0513. The summed E-state index contributed by atoms with van der Waals surface area (Å²) in [6.07, 6.45) is 23.0. The summed E-state index contributed by atoms with van der Waals surface area (Å²) in [4.78, 5) is 5.15. The van der Waals surface area contributed by atoms with Crippen LogP contribution in [0.15, 0.2) is 18.3 Å². The molecule has 0 radical (unpaired) electrons. The van der Waals surface area contributed by atoms with Crippen LogP contribution >= 0.6 is 0 Å². The Morgan fingerprint density at radius 1 is 0.586 bits per heavy atom. The summed E-state index contributed by atoms with van der Waals surface area (Å²) >= 11 is -2.32. The third kappa shape index (κ3) is 11.2. The summed E-state index contributed by atoms with van der Waals surface area (Å²) in [7, 11) is 0. The van der Waals surface area contributed by atoms with Crippen molar-refractivity contribution in [3.8, 4) is 0 Å². The first-order valence-electron chi connectivity index (χ1n) is 13.2. The molecular weight excluding hydrogens is 457 g/mol. The van der Waals surface area contributed by atoms with Crippen molar-refractivity contribution in [2.24, 2.45) is 0 Å². The molecule has 1 aromatic rings. The van der Waals surface area contributed by atoms with Gasteiger partial charge in [0.15, 0.2) is 0 Å². The normalized spacial score (nSPS) is 11.9. The van der Waals surface area contributed by atoms with Crippen LogP contribution in [0.3, 0.4) is 0 Å². The van der Waals surface area contributed by atoms with E-state index in [1.807, 2.05) is 0 Å². The van der Waals surface area contributed by atoms with Gasteiger partial charge in [0, 0.05) is 0 Å². The van der Waals surface area contributed by atoms with Crippen LogP contribution in [0.2, 0.25) is 13.3 Å². The molecule has 0 N–H and O–H groups in total. The number of hydrogen-bond donors (Lipinski definition) is 0. The van der Waals surface area contributed by atoms with Gasteiger partial charge in [-0.1, -0.05) is 13.3 Å². The molecule has 0 atom stereocenters. The summed E-state index contributed by atoms with van der Waals surface area (Å²) in [6, 6.07) is 4.93. The van der Waals surface area contributed by atoms with Crippen molar-refractivity contribution >= 4 is 22.1 Å². The van der Waals surface area contributed by atoms with Crippen molar-refractivity contribution in [3.63, 3.8) is 0 Å². The Morgan fingerprint density at radius 2 is 1.07 bits per heavy atom. The minimum atomic E-state index is -2.32. The van der Waals surface area contributed by atoms with Gasteiger partial charge in [0.05, 0.1) is 0 Å². The number of hydrogen-bond acceptors (Lipinski definition) is 1. The molecule has 1 heterocycles. The Labute approximate surface area is 187 Å². The van der Waals surface area contributed by atoms with Gasteiger partial charge in [0.1, 0.15) is 0 Å². The van der Waals surface area contributed by atoms with Crippen LogP contribution in [-0.4, -0.2) is 23.4 Å². The van der Waals surface area contributed by atoms with Crippen LogP contribution in [0.4, 0.5) is 0 Å². The standard InChI is InChI=1S/C15H24N.3C4H9.Sn/c1-2-3-4-5-6-7-8-9-11-15-12-10-13-16-14-15;3*1-3-4-2;/h10,12,14H,2-9,11H2,1H3;3*1,3-4H2,2H3;. The maximum absolute atomic E-state index is 5.15. The van der Waals surface area contributed by atoms with E-state index in [-0.39, 0.29) is 0 Å². The van der Waals surface area contributed by atoms with E-state index in [0.717, 1.165) is 0 Å². The second-order valence-corrected chi connectivity index (χ2v) is 22.4. The molecule has 0 aliphatic rings. The summed E-state index contributed by atoms with van der Waals surface area (Å²) in [5.41, 5.74) is 1.47. The molecule has 0 amide bonds. The molecule has 0 aliphatic heterocycles. The molecule has 2 heteroatoms. The average Bonchev–Trinajstić information content (AvgIpc) is 2.76. The van der Waals surface area contributed by atoms with Crippen molar-refractivity contribution in [1.82, 2.24) is 4.98 Å². The number of rotatable bonds is 19. The van der Waals surface area contributed by atoms with Gasteiger partial charge in [-0.25, -0.2) is 0 Å². The molecule has 1 nitrogen and oxygen atoms in total. The van der Waals surface area contributed by atoms with Crippen LogP contribution in [-0.2, 0) is 6.42 Å². The third-order valence-corrected chi connectivity index (χ3v) is 21.9. The van der Waals surface area contributed by atoms with E-state index in [4.69, 9.17) is 4.98 Å². The fraction of sp³-hybridized carbons (Fsp3) is 0.815. The van der Waals surface area contributed by atoms with Crippen molar-refractivity contribution in [2.75, 3.05) is 0 Å². The van der Waals surface area contributed by atoms with Crippen LogP contribution in [0.25, 0.3) is 0 Å². The predicted molar refractivity (Wildman–Crippen MR) is 135 cm³/mol. The maximum atomic E-state index is 5.15. The topological polar surface area (TPSA) is 12.9 Å². The molecule has 0 spiro atoms. The Kier molecular flexibility index (Phi) is 16.4. The molecule has 0 saturated carbocycles. The molecule has 168 valence electrons. The van der Waals surface area contributed by atoms with E-state index in [1.54, 1.807) is 3.71 Å². The van der Waals surface area contributed by atoms with E-state index >= 15 is 0 Å². The fourth-order valence-corrected chi connectivity index (χ4v) is 20.0. The summed E-state index contributed by atoms with van der Waals surface area (Å²) < 4.78 is 6.16. The van der Waals surface area contributed by atoms with Crippen molar-refractivity contribution < 1.29 is 0 Å². The molecule has 0 bridgehead atoms. The van der Waals surface area contributed by atoms with Gasteiger partial charge in [-0.15, -0.1) is 0 Å². The zero-order valence-corrected chi connectivity index (χ0v) is 23.3. The number of aryl methyl sites for hydroxylation is 1. The van der Waals surface area contributed by atoms with Crippen molar-refractivity contribution in [1.29, 1.82) is 0 Å². The van der Waals surface area contributed by atoms with Crippen molar-refractivity contribution in [3.05, 3.63) is 23.9 Å². The summed E-state index contributed by atoms with van der Waals surface area (Å²) in [5, 5.41) is 0. The Morgan fingerprint density at radius 3 is 1.52 bits per heavy atom. The van der Waals surface area contributed by atoms with Crippen LogP contribution in [0.5, 0.6) is 0 Å². The SMILES string of the molecule is CCCCCCCCCCc1cc[c]([Sn]([CH2]CCC)([CH2]CCC)[CH2]CCC)nc1. The first-order valence-corrected chi connectivity index (χ1v) is 20.7.